The Labute approximate surface area is 165 Å². The first-order chi connectivity index (χ1) is 13.0. The monoisotopic (exact) mass is 387 g/mol. The second-order valence-electron chi connectivity index (χ2n) is 9.33. The number of aromatic nitrogens is 2. The van der Waals surface area contributed by atoms with Crippen molar-refractivity contribution in [3.8, 4) is 0 Å². The molecule has 0 spiro atoms. The van der Waals surface area contributed by atoms with Gasteiger partial charge in [-0.3, -0.25) is 4.79 Å². The largest absolute Gasteiger partial charge is 0.390 e. The predicted octanol–water partition coefficient (Wildman–Crippen LogP) is 3.53. The molecule has 6 heteroatoms. The van der Waals surface area contributed by atoms with Crippen LogP contribution in [0.25, 0.3) is 0 Å². The van der Waals surface area contributed by atoms with Gasteiger partial charge in [-0.05, 0) is 69.0 Å². The number of aliphatic hydroxyl groups is 1. The summed E-state index contributed by atoms with van der Waals surface area (Å²) >= 11 is 1.53. The van der Waals surface area contributed by atoms with Crippen LogP contribution >= 0.6 is 11.8 Å². The lowest BCUT2D eigenvalue weighted by Crippen LogP contribution is -2.61. The van der Waals surface area contributed by atoms with E-state index in [1.54, 1.807) is 6.20 Å². The van der Waals surface area contributed by atoms with E-state index in [-0.39, 0.29) is 11.9 Å². The summed E-state index contributed by atoms with van der Waals surface area (Å²) in [6, 6.07) is 0.200. The summed E-state index contributed by atoms with van der Waals surface area (Å²) in [7, 11) is 0. The van der Waals surface area contributed by atoms with Gasteiger partial charge in [-0.1, -0.05) is 24.6 Å². The van der Waals surface area contributed by atoms with Gasteiger partial charge in [0.2, 0.25) is 0 Å². The molecule has 0 aliphatic heterocycles. The maximum absolute atomic E-state index is 13.2. The summed E-state index contributed by atoms with van der Waals surface area (Å²) in [5.41, 5.74) is 1.16. The molecule has 1 aromatic rings. The normalized spacial score (nSPS) is 37.7. The highest BCUT2D eigenvalue weighted by molar-refractivity contribution is 7.98. The first kappa shape index (κ1) is 17.9. The van der Waals surface area contributed by atoms with Gasteiger partial charge in [0.15, 0.2) is 5.16 Å². The Hall–Kier alpha value is -1.14. The summed E-state index contributed by atoms with van der Waals surface area (Å²) in [4.78, 5) is 22.4. The lowest BCUT2D eigenvalue weighted by molar-refractivity contribution is -0.136. The Morgan fingerprint density at radius 2 is 1.93 bits per heavy atom. The molecular formula is C21H29N3O2S. The second-order valence-corrected chi connectivity index (χ2v) is 10.1. The molecule has 5 aliphatic rings. The number of carbonyl (C=O) groups excluding carboxylic acids is 1. The molecule has 4 bridgehead atoms. The molecule has 5 fully saturated rings. The van der Waals surface area contributed by atoms with Gasteiger partial charge in [0, 0.05) is 18.2 Å². The van der Waals surface area contributed by atoms with Gasteiger partial charge < -0.3 is 10.4 Å². The zero-order chi connectivity index (χ0) is 18.6. The van der Waals surface area contributed by atoms with Crippen LogP contribution in [0, 0.1) is 17.8 Å². The van der Waals surface area contributed by atoms with Crippen molar-refractivity contribution in [3.63, 3.8) is 0 Å². The molecule has 2 N–H and O–H groups in total. The molecule has 2 atom stereocenters. The number of hydrogen-bond acceptors (Lipinski definition) is 5. The van der Waals surface area contributed by atoms with Crippen molar-refractivity contribution in [2.75, 3.05) is 6.26 Å². The van der Waals surface area contributed by atoms with E-state index in [1.165, 1.54) is 24.6 Å². The molecule has 1 heterocycles. The van der Waals surface area contributed by atoms with Gasteiger partial charge in [0.05, 0.1) is 16.9 Å². The Bertz CT molecular complexity index is 733. The smallest absolute Gasteiger partial charge is 0.254 e. The molecular weight excluding hydrogens is 358 g/mol. The molecule has 5 nitrogen and oxygen atoms in total. The molecule has 5 aliphatic carbocycles. The zero-order valence-corrected chi connectivity index (χ0v) is 16.8. The van der Waals surface area contributed by atoms with Gasteiger partial charge >= 0.3 is 0 Å². The van der Waals surface area contributed by atoms with Crippen LogP contribution in [0.15, 0.2) is 11.4 Å². The van der Waals surface area contributed by atoms with Crippen LogP contribution < -0.4 is 5.32 Å². The molecule has 1 aromatic heterocycles. The number of rotatable bonds is 4. The van der Waals surface area contributed by atoms with Crippen LogP contribution in [0.4, 0.5) is 0 Å². The van der Waals surface area contributed by atoms with E-state index in [0.29, 0.717) is 29.2 Å². The Morgan fingerprint density at radius 3 is 2.56 bits per heavy atom. The number of hydrogen-bond donors (Lipinski definition) is 2. The van der Waals surface area contributed by atoms with Crippen molar-refractivity contribution >= 4 is 17.7 Å². The van der Waals surface area contributed by atoms with Gasteiger partial charge in [-0.25, -0.2) is 9.97 Å². The van der Waals surface area contributed by atoms with Gasteiger partial charge in [-0.2, -0.15) is 0 Å². The Morgan fingerprint density at radius 1 is 1.22 bits per heavy atom. The molecule has 146 valence electrons. The molecule has 0 saturated heterocycles. The molecule has 5 saturated carbocycles. The molecule has 0 aromatic carbocycles. The number of carbonyl (C=O) groups is 1. The topological polar surface area (TPSA) is 75.1 Å². The molecule has 27 heavy (non-hydrogen) atoms. The van der Waals surface area contributed by atoms with Crippen molar-refractivity contribution < 1.29 is 9.90 Å². The van der Waals surface area contributed by atoms with Crippen molar-refractivity contribution in [2.24, 2.45) is 17.8 Å². The number of thioether (sulfide) groups is 1. The van der Waals surface area contributed by atoms with Crippen LogP contribution in [-0.2, 0) is 0 Å². The third-order valence-corrected chi connectivity index (χ3v) is 8.07. The zero-order valence-electron chi connectivity index (χ0n) is 16.0. The van der Waals surface area contributed by atoms with E-state index < -0.39 is 5.60 Å². The first-order valence-corrected chi connectivity index (χ1v) is 11.7. The predicted molar refractivity (Wildman–Crippen MR) is 105 cm³/mol. The van der Waals surface area contributed by atoms with E-state index in [0.717, 1.165) is 55.8 Å². The van der Waals surface area contributed by atoms with E-state index in [9.17, 15) is 9.90 Å². The Kier molecular flexibility index (Phi) is 4.47. The fourth-order valence-electron chi connectivity index (χ4n) is 6.61. The summed E-state index contributed by atoms with van der Waals surface area (Å²) in [5.74, 6) is 1.88. The number of amides is 1. The molecule has 2 unspecified atom stereocenters. The van der Waals surface area contributed by atoms with Crippen LogP contribution in [0.3, 0.4) is 0 Å². The summed E-state index contributed by atoms with van der Waals surface area (Å²) < 4.78 is 0. The summed E-state index contributed by atoms with van der Waals surface area (Å²) in [6.07, 6.45) is 13.4. The molecule has 0 radical (unpaired) electrons. The standard InChI is InChI=1S/C21H29N3O2S/c1-27-20-22-11-16(18(24-20)13-4-2-3-5-13)19(25)23-17-14-6-12-7-15(17)10-21(26,8-12)9-14/h11-15,17,26H,2-10H2,1H3,(H,23,25). The molecule has 6 rings (SSSR count). The molecule has 1 amide bonds. The summed E-state index contributed by atoms with van der Waals surface area (Å²) in [5, 5.41) is 14.9. The minimum Gasteiger partial charge on any atom is -0.390 e. The van der Waals surface area contributed by atoms with Crippen molar-refractivity contribution in [1.82, 2.24) is 15.3 Å². The SMILES string of the molecule is CSc1ncc(C(=O)NC2C3CC4CC2CC(O)(C4)C3)c(C2CCCC2)n1. The fraction of sp³-hybridized carbons (Fsp3) is 0.762. The van der Waals surface area contributed by atoms with E-state index >= 15 is 0 Å². The van der Waals surface area contributed by atoms with E-state index in [2.05, 4.69) is 10.3 Å². The van der Waals surface area contributed by atoms with Crippen LogP contribution in [-0.4, -0.2) is 38.9 Å². The first-order valence-electron chi connectivity index (χ1n) is 10.5. The van der Waals surface area contributed by atoms with Crippen LogP contribution in [0.1, 0.15) is 79.8 Å². The van der Waals surface area contributed by atoms with Gasteiger partial charge in [0.25, 0.3) is 5.91 Å². The lowest BCUT2D eigenvalue weighted by atomic mass is 9.52. The maximum atomic E-state index is 13.2. The van der Waals surface area contributed by atoms with Crippen molar-refractivity contribution in [1.29, 1.82) is 0 Å². The van der Waals surface area contributed by atoms with E-state index in [1.807, 2.05) is 6.26 Å². The third kappa shape index (κ3) is 3.19. The number of nitrogens with zero attached hydrogens (tertiary/aromatic N) is 2. The minimum absolute atomic E-state index is 0.00554. The highest BCUT2D eigenvalue weighted by Gasteiger charge is 2.55. The Balaban J connectivity index is 1.38. The highest BCUT2D eigenvalue weighted by Crippen LogP contribution is 2.55. The average Bonchev–Trinajstić information content (AvgIpc) is 3.17. The quantitative estimate of drug-likeness (QED) is 0.611. The van der Waals surface area contributed by atoms with E-state index in [4.69, 9.17) is 4.98 Å². The third-order valence-electron chi connectivity index (χ3n) is 7.50. The lowest BCUT2D eigenvalue weighted by Gasteiger charge is -2.58. The van der Waals surface area contributed by atoms with Gasteiger partial charge in [-0.15, -0.1) is 0 Å². The van der Waals surface area contributed by atoms with Crippen molar-refractivity contribution in [2.45, 2.75) is 80.5 Å². The fourth-order valence-corrected chi connectivity index (χ4v) is 6.96. The second kappa shape index (κ2) is 6.73. The van der Waals surface area contributed by atoms with Gasteiger partial charge in [0.1, 0.15) is 0 Å². The maximum Gasteiger partial charge on any atom is 0.254 e. The minimum atomic E-state index is -0.462. The van der Waals surface area contributed by atoms with Crippen LogP contribution in [0.2, 0.25) is 0 Å². The average molecular weight is 388 g/mol. The number of nitrogens with one attached hydrogen (secondary N) is 1. The van der Waals surface area contributed by atoms with Crippen LogP contribution in [0.5, 0.6) is 0 Å². The summed E-state index contributed by atoms with van der Waals surface area (Å²) in [6.45, 7) is 0. The van der Waals surface area contributed by atoms with Crippen molar-refractivity contribution in [3.05, 3.63) is 17.5 Å². The highest BCUT2D eigenvalue weighted by atomic mass is 32.2.